The quantitative estimate of drug-likeness (QED) is 0.463. The normalized spacial score (nSPS) is 28.7. The molecule has 0 spiro atoms. The average Bonchev–Trinajstić information content (AvgIpc) is 2.34. The second kappa shape index (κ2) is 1.94. The van der Waals surface area contributed by atoms with E-state index in [9.17, 15) is 0 Å². The van der Waals surface area contributed by atoms with E-state index in [0.717, 1.165) is 12.1 Å². The number of hydrogen-bond acceptors (Lipinski definition) is 3. The minimum Gasteiger partial charge on any atom is -0.269 e. The van der Waals surface area contributed by atoms with Crippen LogP contribution in [0.3, 0.4) is 0 Å². The van der Waals surface area contributed by atoms with Crippen molar-refractivity contribution in [2.24, 2.45) is 10.3 Å². The summed E-state index contributed by atoms with van der Waals surface area (Å²) in [5.74, 6) is 0. The summed E-state index contributed by atoms with van der Waals surface area (Å²) in [5, 5.41) is 9.78. The summed E-state index contributed by atoms with van der Waals surface area (Å²) in [5.41, 5.74) is 1.09. The fourth-order valence-corrected chi connectivity index (χ4v) is 1.21. The van der Waals surface area contributed by atoms with Gasteiger partial charge in [0.15, 0.2) is 0 Å². The van der Waals surface area contributed by atoms with E-state index >= 15 is 0 Å². The minimum atomic E-state index is 0.314. The second-order valence-electron chi connectivity index (χ2n) is 2.50. The summed E-state index contributed by atoms with van der Waals surface area (Å²) in [6.07, 6.45) is 7.38. The van der Waals surface area contributed by atoms with Gasteiger partial charge in [-0.3, -0.25) is 5.01 Å². The Morgan fingerprint density at radius 1 is 1.70 bits per heavy atom. The summed E-state index contributed by atoms with van der Waals surface area (Å²) < 4.78 is 0. The van der Waals surface area contributed by atoms with E-state index in [-0.39, 0.29) is 0 Å². The molecule has 52 valence electrons. The van der Waals surface area contributed by atoms with E-state index in [2.05, 4.69) is 28.6 Å². The van der Waals surface area contributed by atoms with Gasteiger partial charge in [-0.05, 0) is 6.42 Å². The maximum absolute atomic E-state index is 4.00. The van der Waals surface area contributed by atoms with Crippen LogP contribution in [-0.4, -0.2) is 18.1 Å². The number of nitrogens with zero attached hydrogens (tertiary/aromatic N) is 3. The van der Waals surface area contributed by atoms with Crippen molar-refractivity contribution in [3.05, 3.63) is 23.9 Å². The van der Waals surface area contributed by atoms with Crippen molar-refractivity contribution in [2.45, 2.75) is 12.5 Å². The largest absolute Gasteiger partial charge is 0.269 e. The van der Waals surface area contributed by atoms with Gasteiger partial charge in [-0.2, -0.15) is 0 Å². The molecule has 0 saturated carbocycles. The third-order valence-electron chi connectivity index (χ3n) is 1.79. The molecule has 3 heteroatoms. The fraction of sp³-hybridized carbons (Fsp3) is 0.429. The number of likely N-dealkylation sites (N-methyl/N-ethyl adjacent to an activating group) is 1. The highest BCUT2D eigenvalue weighted by Gasteiger charge is 2.22. The number of allylic oxidation sites excluding steroid dienone is 2. The molecule has 0 amide bonds. The van der Waals surface area contributed by atoms with E-state index in [4.69, 9.17) is 0 Å². The van der Waals surface area contributed by atoms with E-state index in [1.807, 2.05) is 12.1 Å². The molecule has 1 aliphatic carbocycles. The van der Waals surface area contributed by atoms with Crippen molar-refractivity contribution in [2.75, 3.05) is 7.05 Å². The lowest BCUT2D eigenvalue weighted by Gasteiger charge is -2.15. The van der Waals surface area contributed by atoms with Crippen LogP contribution in [0, 0.1) is 0 Å². The molecule has 0 aromatic carbocycles. The molecular formula is C7H9N3. The molecule has 0 saturated heterocycles. The van der Waals surface area contributed by atoms with Crippen LogP contribution in [0.2, 0.25) is 0 Å². The summed E-state index contributed by atoms with van der Waals surface area (Å²) in [4.78, 5) is 0. The molecule has 0 radical (unpaired) electrons. The first-order valence-corrected chi connectivity index (χ1v) is 3.39. The highest BCUT2D eigenvalue weighted by molar-refractivity contribution is 5.23. The van der Waals surface area contributed by atoms with Crippen molar-refractivity contribution >= 4 is 0 Å². The molecule has 0 aromatic heterocycles. The predicted octanol–water partition coefficient (Wildman–Crippen LogP) is 1.51. The van der Waals surface area contributed by atoms with Crippen molar-refractivity contribution in [3.63, 3.8) is 0 Å². The predicted molar refractivity (Wildman–Crippen MR) is 38.2 cm³/mol. The van der Waals surface area contributed by atoms with Gasteiger partial charge in [0.1, 0.15) is 6.04 Å². The molecule has 0 aromatic rings. The maximum atomic E-state index is 4.00. The van der Waals surface area contributed by atoms with Gasteiger partial charge in [0.2, 0.25) is 0 Å². The van der Waals surface area contributed by atoms with Crippen LogP contribution in [0.1, 0.15) is 6.42 Å². The van der Waals surface area contributed by atoms with Gasteiger partial charge in [0.25, 0.3) is 0 Å². The lowest BCUT2D eigenvalue weighted by molar-refractivity contribution is 0.345. The van der Waals surface area contributed by atoms with Gasteiger partial charge < -0.3 is 0 Å². The first-order chi connectivity index (χ1) is 4.88. The lowest BCUT2D eigenvalue weighted by atomic mass is 10.1. The van der Waals surface area contributed by atoms with E-state index in [0.29, 0.717) is 6.04 Å². The molecule has 2 aliphatic rings. The smallest absolute Gasteiger partial charge is 0.110 e. The third kappa shape index (κ3) is 0.667. The van der Waals surface area contributed by atoms with E-state index in [1.165, 1.54) is 0 Å². The van der Waals surface area contributed by atoms with Crippen molar-refractivity contribution < 1.29 is 0 Å². The SMILES string of the molecule is CN1N=NC2=CCC=CC21. The molecule has 3 nitrogen and oxygen atoms in total. The topological polar surface area (TPSA) is 28.0 Å². The lowest BCUT2D eigenvalue weighted by Crippen LogP contribution is -2.22. The summed E-state index contributed by atoms with van der Waals surface area (Å²) in [7, 11) is 1.94. The first-order valence-electron chi connectivity index (χ1n) is 3.39. The average molecular weight is 135 g/mol. The van der Waals surface area contributed by atoms with Crippen molar-refractivity contribution in [1.29, 1.82) is 0 Å². The Morgan fingerprint density at radius 3 is 3.40 bits per heavy atom. The summed E-state index contributed by atoms with van der Waals surface area (Å²) in [6.45, 7) is 0. The molecule has 0 N–H and O–H groups in total. The van der Waals surface area contributed by atoms with Crippen LogP contribution in [0.4, 0.5) is 0 Å². The molecule has 1 aliphatic heterocycles. The van der Waals surface area contributed by atoms with Crippen LogP contribution >= 0.6 is 0 Å². The third-order valence-corrected chi connectivity index (χ3v) is 1.79. The molecule has 1 unspecified atom stereocenters. The summed E-state index contributed by atoms with van der Waals surface area (Å²) in [6, 6.07) is 0.314. The Bertz CT molecular complexity index is 227. The number of rotatable bonds is 0. The molecule has 1 atom stereocenters. The number of fused-ring (bicyclic) bond motifs is 1. The van der Waals surface area contributed by atoms with Gasteiger partial charge in [-0.1, -0.05) is 23.5 Å². The Labute approximate surface area is 59.7 Å². The van der Waals surface area contributed by atoms with E-state index < -0.39 is 0 Å². The molecule has 10 heavy (non-hydrogen) atoms. The summed E-state index contributed by atoms with van der Waals surface area (Å²) >= 11 is 0. The first kappa shape index (κ1) is 5.65. The van der Waals surface area contributed by atoms with Crippen molar-refractivity contribution in [3.8, 4) is 0 Å². The minimum absolute atomic E-state index is 0.314. The van der Waals surface area contributed by atoms with Gasteiger partial charge in [-0.25, -0.2) is 0 Å². The van der Waals surface area contributed by atoms with Gasteiger partial charge >= 0.3 is 0 Å². The Hall–Kier alpha value is -1.12. The van der Waals surface area contributed by atoms with Crippen molar-refractivity contribution in [1.82, 2.24) is 5.01 Å². The van der Waals surface area contributed by atoms with Crippen LogP contribution in [0.15, 0.2) is 34.3 Å². The van der Waals surface area contributed by atoms with Gasteiger partial charge in [0, 0.05) is 7.05 Å². The highest BCUT2D eigenvalue weighted by atomic mass is 15.6. The maximum Gasteiger partial charge on any atom is 0.110 e. The number of hydrogen-bond donors (Lipinski definition) is 0. The molecule has 0 fully saturated rings. The Balaban J connectivity index is 2.30. The Kier molecular flexibility index (Phi) is 1.09. The monoisotopic (exact) mass is 135 g/mol. The zero-order chi connectivity index (χ0) is 6.97. The van der Waals surface area contributed by atoms with Gasteiger partial charge in [-0.15, -0.1) is 5.11 Å². The second-order valence-corrected chi connectivity index (χ2v) is 2.50. The molecule has 1 heterocycles. The van der Waals surface area contributed by atoms with E-state index in [1.54, 1.807) is 0 Å². The van der Waals surface area contributed by atoms with Crippen LogP contribution in [0.25, 0.3) is 0 Å². The highest BCUT2D eigenvalue weighted by Crippen LogP contribution is 2.23. The zero-order valence-electron chi connectivity index (χ0n) is 5.86. The van der Waals surface area contributed by atoms with Crippen LogP contribution < -0.4 is 0 Å². The zero-order valence-corrected chi connectivity index (χ0v) is 5.86. The standard InChI is InChI=1S/C7H9N3/c1-10-7-5-3-2-4-6(7)8-9-10/h3-5,7H,2H2,1H3. The molecule has 2 rings (SSSR count). The van der Waals surface area contributed by atoms with Crippen LogP contribution in [-0.2, 0) is 0 Å². The molecule has 0 bridgehead atoms. The Morgan fingerprint density at radius 2 is 2.60 bits per heavy atom. The molecular weight excluding hydrogens is 126 g/mol. The van der Waals surface area contributed by atoms with Crippen LogP contribution in [0.5, 0.6) is 0 Å². The van der Waals surface area contributed by atoms with Gasteiger partial charge in [0.05, 0.1) is 5.70 Å². The fourth-order valence-electron chi connectivity index (χ4n) is 1.21.